The molecule has 26 heavy (non-hydrogen) atoms. The average molecular weight is 356 g/mol. The zero-order valence-corrected chi connectivity index (χ0v) is 13.8. The number of nitrogens with one attached hydrogen (secondary N) is 1. The van der Waals surface area contributed by atoms with Crippen molar-refractivity contribution < 1.29 is 14.3 Å². The maximum atomic E-state index is 13.5. The Morgan fingerprint density at radius 3 is 3.04 bits per heavy atom. The summed E-state index contributed by atoms with van der Waals surface area (Å²) in [6, 6.07) is 4.65. The third-order valence-electron chi connectivity index (χ3n) is 4.40. The lowest BCUT2D eigenvalue weighted by Gasteiger charge is -2.31. The molecule has 1 aliphatic heterocycles. The van der Waals surface area contributed by atoms with Crippen molar-refractivity contribution in [1.82, 2.24) is 24.3 Å². The van der Waals surface area contributed by atoms with Crippen LogP contribution in [0.15, 0.2) is 36.8 Å². The fourth-order valence-corrected chi connectivity index (χ4v) is 3.16. The van der Waals surface area contributed by atoms with Crippen LogP contribution < -0.4 is 5.32 Å². The molecule has 0 spiro atoms. The van der Waals surface area contributed by atoms with Gasteiger partial charge < -0.3 is 15.3 Å². The molecule has 1 fully saturated rings. The molecule has 1 amide bonds. The normalized spacial score (nSPS) is 17.4. The predicted octanol–water partition coefficient (Wildman–Crippen LogP) is 2.48. The number of imidazole rings is 1. The molecule has 1 atom stereocenters. The van der Waals surface area contributed by atoms with Gasteiger partial charge in [0.2, 0.25) is 0 Å². The summed E-state index contributed by atoms with van der Waals surface area (Å²) >= 11 is 0. The van der Waals surface area contributed by atoms with Crippen LogP contribution in [0.5, 0.6) is 0 Å². The van der Waals surface area contributed by atoms with Gasteiger partial charge >= 0.3 is 6.09 Å². The van der Waals surface area contributed by atoms with Gasteiger partial charge in [-0.25, -0.2) is 24.1 Å². The fourth-order valence-electron chi connectivity index (χ4n) is 3.16. The summed E-state index contributed by atoms with van der Waals surface area (Å²) in [7, 11) is 0. The Labute approximate surface area is 148 Å². The molecule has 0 aromatic carbocycles. The van der Waals surface area contributed by atoms with Crippen molar-refractivity contribution >= 4 is 17.6 Å². The van der Waals surface area contributed by atoms with Gasteiger partial charge in [0.25, 0.3) is 0 Å². The van der Waals surface area contributed by atoms with Crippen LogP contribution in [0.3, 0.4) is 0 Å². The first-order valence-electron chi connectivity index (χ1n) is 8.30. The maximum Gasteiger partial charge on any atom is 0.407 e. The number of hydrogen-bond donors (Lipinski definition) is 2. The number of amides is 1. The van der Waals surface area contributed by atoms with Crippen LogP contribution in [0.1, 0.15) is 12.8 Å². The second-order valence-corrected chi connectivity index (χ2v) is 6.20. The van der Waals surface area contributed by atoms with E-state index in [1.165, 1.54) is 17.2 Å². The lowest BCUT2D eigenvalue weighted by Crippen LogP contribution is -2.44. The summed E-state index contributed by atoms with van der Waals surface area (Å²) in [4.78, 5) is 25.5. The summed E-state index contributed by atoms with van der Waals surface area (Å²) in [6.07, 6.45) is 5.31. The molecule has 1 saturated heterocycles. The van der Waals surface area contributed by atoms with Gasteiger partial charge in [-0.1, -0.05) is 0 Å². The number of fused-ring (bicyclic) bond motifs is 1. The summed E-state index contributed by atoms with van der Waals surface area (Å²) in [5.74, 6) is 0.639. The van der Waals surface area contributed by atoms with Gasteiger partial charge in [-0.2, -0.15) is 0 Å². The molecular formula is C17H17FN6O2. The van der Waals surface area contributed by atoms with E-state index in [2.05, 4.69) is 20.3 Å². The number of carboxylic acid groups (broad SMARTS) is 1. The third-order valence-corrected chi connectivity index (χ3v) is 4.40. The maximum absolute atomic E-state index is 13.5. The molecule has 2 N–H and O–H groups in total. The van der Waals surface area contributed by atoms with Crippen LogP contribution in [0.25, 0.3) is 17.2 Å². The summed E-state index contributed by atoms with van der Waals surface area (Å²) in [5.41, 5.74) is 1.19. The second-order valence-electron chi connectivity index (χ2n) is 6.20. The topological polar surface area (TPSA) is 95.7 Å². The first-order valence-corrected chi connectivity index (χ1v) is 8.30. The Morgan fingerprint density at radius 1 is 1.31 bits per heavy atom. The Hall–Kier alpha value is -3.23. The van der Waals surface area contributed by atoms with Crippen LogP contribution in [0, 0.1) is 5.82 Å². The molecule has 8 nitrogen and oxygen atoms in total. The molecule has 134 valence electrons. The van der Waals surface area contributed by atoms with Gasteiger partial charge in [0.1, 0.15) is 23.0 Å². The summed E-state index contributed by atoms with van der Waals surface area (Å²) in [5, 5.41) is 12.4. The van der Waals surface area contributed by atoms with E-state index in [1.54, 1.807) is 28.9 Å². The minimum atomic E-state index is -0.910. The number of halogens is 1. The van der Waals surface area contributed by atoms with E-state index >= 15 is 0 Å². The van der Waals surface area contributed by atoms with E-state index in [0.717, 1.165) is 12.8 Å². The van der Waals surface area contributed by atoms with Gasteiger partial charge in [-0.15, -0.1) is 0 Å². The van der Waals surface area contributed by atoms with Crippen LogP contribution in [0.2, 0.25) is 0 Å². The first-order chi connectivity index (χ1) is 12.6. The SMILES string of the molecule is O=C(O)N1CCCC(Nc2ccnc(-c3cnc4ccc(F)cn34)n2)C1. The van der Waals surface area contributed by atoms with Crippen LogP contribution >= 0.6 is 0 Å². The summed E-state index contributed by atoms with van der Waals surface area (Å²) < 4.78 is 15.1. The van der Waals surface area contributed by atoms with Gasteiger partial charge in [0, 0.05) is 31.5 Å². The van der Waals surface area contributed by atoms with E-state index in [0.29, 0.717) is 36.1 Å². The number of rotatable bonds is 3. The smallest absolute Gasteiger partial charge is 0.407 e. The van der Waals surface area contributed by atoms with E-state index in [4.69, 9.17) is 5.11 Å². The van der Waals surface area contributed by atoms with E-state index in [9.17, 15) is 9.18 Å². The first kappa shape index (κ1) is 16.2. The number of pyridine rings is 1. The van der Waals surface area contributed by atoms with Crippen LogP contribution in [0.4, 0.5) is 15.0 Å². The van der Waals surface area contributed by atoms with Crippen molar-refractivity contribution in [3.05, 3.63) is 42.6 Å². The number of anilines is 1. The molecule has 1 aliphatic rings. The minimum Gasteiger partial charge on any atom is -0.465 e. The Kier molecular flexibility index (Phi) is 4.11. The van der Waals surface area contributed by atoms with E-state index < -0.39 is 6.09 Å². The van der Waals surface area contributed by atoms with Gasteiger partial charge in [-0.05, 0) is 31.0 Å². The highest BCUT2D eigenvalue weighted by molar-refractivity contribution is 5.65. The zero-order valence-electron chi connectivity index (χ0n) is 13.8. The van der Waals surface area contributed by atoms with Gasteiger partial charge in [-0.3, -0.25) is 4.40 Å². The molecule has 4 heterocycles. The number of hydrogen-bond acceptors (Lipinski definition) is 5. The summed E-state index contributed by atoms with van der Waals surface area (Å²) in [6.45, 7) is 0.964. The monoisotopic (exact) mass is 356 g/mol. The number of carbonyl (C=O) groups is 1. The molecule has 0 bridgehead atoms. The number of aromatic nitrogens is 4. The Morgan fingerprint density at radius 2 is 2.19 bits per heavy atom. The average Bonchev–Trinajstić information content (AvgIpc) is 3.05. The van der Waals surface area contributed by atoms with Gasteiger partial charge in [0.05, 0.1) is 6.20 Å². The van der Waals surface area contributed by atoms with Crippen molar-refractivity contribution in [2.75, 3.05) is 18.4 Å². The highest BCUT2D eigenvalue weighted by Gasteiger charge is 2.23. The van der Waals surface area contributed by atoms with E-state index in [1.807, 2.05) is 0 Å². The zero-order chi connectivity index (χ0) is 18.1. The molecule has 3 aromatic rings. The van der Waals surface area contributed by atoms with Crippen LogP contribution in [-0.2, 0) is 0 Å². The molecule has 3 aromatic heterocycles. The van der Waals surface area contributed by atoms with Crippen molar-refractivity contribution in [2.45, 2.75) is 18.9 Å². The third kappa shape index (κ3) is 3.15. The number of piperidine rings is 1. The molecule has 0 radical (unpaired) electrons. The molecule has 1 unspecified atom stereocenters. The largest absolute Gasteiger partial charge is 0.465 e. The highest BCUT2D eigenvalue weighted by Crippen LogP contribution is 2.20. The Bertz CT molecular complexity index is 959. The lowest BCUT2D eigenvalue weighted by atomic mass is 10.1. The van der Waals surface area contributed by atoms with E-state index in [-0.39, 0.29) is 11.9 Å². The van der Waals surface area contributed by atoms with Crippen molar-refractivity contribution in [1.29, 1.82) is 0 Å². The molecule has 0 saturated carbocycles. The number of nitrogens with zero attached hydrogens (tertiary/aromatic N) is 5. The van der Waals surface area contributed by atoms with Crippen molar-refractivity contribution in [3.63, 3.8) is 0 Å². The Balaban J connectivity index is 1.58. The van der Waals surface area contributed by atoms with Gasteiger partial charge in [0.15, 0.2) is 5.82 Å². The number of likely N-dealkylation sites (tertiary alicyclic amines) is 1. The highest BCUT2D eigenvalue weighted by atomic mass is 19.1. The quantitative estimate of drug-likeness (QED) is 0.749. The van der Waals surface area contributed by atoms with Crippen molar-refractivity contribution in [3.8, 4) is 11.5 Å². The molecular weight excluding hydrogens is 339 g/mol. The minimum absolute atomic E-state index is 0.0118. The van der Waals surface area contributed by atoms with Crippen molar-refractivity contribution in [2.24, 2.45) is 0 Å². The fraction of sp³-hybridized carbons (Fsp3) is 0.294. The standard InChI is InChI=1S/C17H17FN6O2/c18-11-3-4-15-20-8-13(24(15)9-11)16-19-6-5-14(22-16)21-12-2-1-7-23(10-12)17(25)26/h3-6,8-9,12H,1-2,7,10H2,(H,25,26)(H,19,21,22). The molecule has 9 heteroatoms. The lowest BCUT2D eigenvalue weighted by molar-refractivity contribution is 0.133. The second kappa shape index (κ2) is 6.58. The van der Waals surface area contributed by atoms with Crippen LogP contribution in [-0.4, -0.2) is 54.6 Å². The molecule has 0 aliphatic carbocycles. The predicted molar refractivity (Wildman–Crippen MR) is 92.4 cm³/mol. The molecule has 4 rings (SSSR count).